The predicted octanol–water partition coefficient (Wildman–Crippen LogP) is 5.71. The standard InChI is InChI=1S/C23H32N2O2S/c1-6-12-25(23(28)24-20-14-17(3)8-9-18(20)4)16-19-10-11-21(27-13-7-2)22(15-19)26-5/h8-11,14-15H,6-7,12-13,16H2,1-5H3,(H,24,28). The molecule has 0 aromatic heterocycles. The van der Waals surface area contributed by atoms with Gasteiger partial charge in [0.15, 0.2) is 16.6 Å². The number of thiocarbonyl (C=S) groups is 1. The molecular formula is C23H32N2O2S. The van der Waals surface area contributed by atoms with Crippen LogP contribution in [0.25, 0.3) is 0 Å². The van der Waals surface area contributed by atoms with Crippen LogP contribution < -0.4 is 14.8 Å². The van der Waals surface area contributed by atoms with E-state index in [2.05, 4.69) is 62.2 Å². The maximum atomic E-state index is 5.76. The van der Waals surface area contributed by atoms with Crippen molar-refractivity contribution in [3.63, 3.8) is 0 Å². The van der Waals surface area contributed by atoms with Crippen molar-refractivity contribution in [2.24, 2.45) is 0 Å². The second kappa shape index (κ2) is 10.9. The molecule has 0 saturated heterocycles. The number of hydrogen-bond donors (Lipinski definition) is 1. The molecule has 1 N–H and O–H groups in total. The number of methoxy groups -OCH3 is 1. The number of aryl methyl sites for hydroxylation is 2. The maximum absolute atomic E-state index is 5.76. The summed E-state index contributed by atoms with van der Waals surface area (Å²) in [6.07, 6.45) is 1.98. The van der Waals surface area contributed by atoms with Crippen molar-refractivity contribution in [3.05, 3.63) is 53.1 Å². The van der Waals surface area contributed by atoms with Crippen LogP contribution in [0.15, 0.2) is 36.4 Å². The van der Waals surface area contributed by atoms with E-state index in [4.69, 9.17) is 21.7 Å². The van der Waals surface area contributed by atoms with Crippen LogP contribution in [0.5, 0.6) is 11.5 Å². The summed E-state index contributed by atoms with van der Waals surface area (Å²) >= 11 is 5.73. The minimum absolute atomic E-state index is 0.682. The molecule has 0 amide bonds. The van der Waals surface area contributed by atoms with Gasteiger partial charge in [-0.2, -0.15) is 0 Å². The molecule has 0 bridgehead atoms. The molecule has 5 heteroatoms. The molecule has 0 aliphatic heterocycles. The summed E-state index contributed by atoms with van der Waals surface area (Å²) in [4.78, 5) is 2.19. The molecule has 0 fully saturated rings. The van der Waals surface area contributed by atoms with E-state index in [1.54, 1.807) is 7.11 Å². The number of benzene rings is 2. The number of anilines is 1. The summed E-state index contributed by atoms with van der Waals surface area (Å²) in [6, 6.07) is 12.5. The molecule has 0 unspecified atom stereocenters. The third-order valence-electron chi connectivity index (χ3n) is 4.48. The summed E-state index contributed by atoms with van der Waals surface area (Å²) in [5, 5.41) is 4.16. The fourth-order valence-corrected chi connectivity index (χ4v) is 3.21. The highest BCUT2D eigenvalue weighted by atomic mass is 32.1. The quantitative estimate of drug-likeness (QED) is 0.545. The van der Waals surface area contributed by atoms with Crippen LogP contribution in [0.1, 0.15) is 43.4 Å². The number of rotatable bonds is 9. The van der Waals surface area contributed by atoms with Crippen LogP contribution in [-0.2, 0) is 6.54 Å². The van der Waals surface area contributed by atoms with Crippen molar-refractivity contribution in [1.29, 1.82) is 0 Å². The van der Waals surface area contributed by atoms with E-state index >= 15 is 0 Å². The maximum Gasteiger partial charge on any atom is 0.173 e. The third-order valence-corrected chi connectivity index (χ3v) is 4.84. The zero-order valence-corrected chi connectivity index (χ0v) is 18.5. The van der Waals surface area contributed by atoms with Gasteiger partial charge in [-0.1, -0.05) is 32.0 Å². The average Bonchev–Trinajstić information content (AvgIpc) is 2.69. The van der Waals surface area contributed by atoms with E-state index in [-0.39, 0.29) is 0 Å². The summed E-state index contributed by atoms with van der Waals surface area (Å²) < 4.78 is 11.3. The third kappa shape index (κ3) is 6.13. The summed E-state index contributed by atoms with van der Waals surface area (Å²) in [5.41, 5.74) is 4.60. The van der Waals surface area contributed by atoms with Crippen molar-refractivity contribution < 1.29 is 9.47 Å². The molecule has 4 nitrogen and oxygen atoms in total. The molecule has 152 valence electrons. The van der Waals surface area contributed by atoms with Gasteiger partial charge in [-0.25, -0.2) is 0 Å². The molecule has 0 radical (unpaired) electrons. The minimum Gasteiger partial charge on any atom is -0.493 e. The van der Waals surface area contributed by atoms with Gasteiger partial charge in [-0.15, -0.1) is 0 Å². The van der Waals surface area contributed by atoms with Gasteiger partial charge in [0, 0.05) is 18.8 Å². The van der Waals surface area contributed by atoms with Crippen LogP contribution >= 0.6 is 12.2 Å². The highest BCUT2D eigenvalue weighted by Crippen LogP contribution is 2.29. The van der Waals surface area contributed by atoms with E-state index in [0.717, 1.165) is 53.8 Å². The van der Waals surface area contributed by atoms with Gasteiger partial charge >= 0.3 is 0 Å². The van der Waals surface area contributed by atoms with Gasteiger partial charge in [0.25, 0.3) is 0 Å². The van der Waals surface area contributed by atoms with E-state index in [0.29, 0.717) is 6.61 Å². The Balaban J connectivity index is 2.15. The van der Waals surface area contributed by atoms with Crippen molar-refractivity contribution >= 4 is 23.0 Å². The molecule has 2 aromatic carbocycles. The molecule has 28 heavy (non-hydrogen) atoms. The van der Waals surface area contributed by atoms with Crippen molar-refractivity contribution in [2.45, 2.75) is 47.1 Å². The van der Waals surface area contributed by atoms with E-state index in [9.17, 15) is 0 Å². The van der Waals surface area contributed by atoms with Gasteiger partial charge in [-0.3, -0.25) is 0 Å². The fourth-order valence-electron chi connectivity index (χ4n) is 2.95. The zero-order chi connectivity index (χ0) is 20.5. The Morgan fingerprint density at radius 3 is 2.50 bits per heavy atom. The lowest BCUT2D eigenvalue weighted by Crippen LogP contribution is -2.35. The van der Waals surface area contributed by atoms with Crippen molar-refractivity contribution in [3.8, 4) is 11.5 Å². The van der Waals surface area contributed by atoms with Crippen molar-refractivity contribution in [1.82, 2.24) is 4.90 Å². The summed E-state index contributed by atoms with van der Waals surface area (Å²) in [5.74, 6) is 1.54. The Bertz CT molecular complexity index is 792. The first kappa shape index (κ1) is 22.0. The van der Waals surface area contributed by atoms with Crippen LogP contribution in [0.3, 0.4) is 0 Å². The lowest BCUT2D eigenvalue weighted by molar-refractivity contribution is 0.293. The molecule has 2 rings (SSSR count). The SMILES string of the molecule is CCCOc1ccc(CN(CCC)C(=S)Nc2cc(C)ccc2C)cc1OC. The second-order valence-electron chi connectivity index (χ2n) is 7.00. The van der Waals surface area contributed by atoms with Crippen LogP contribution in [0.4, 0.5) is 5.69 Å². The van der Waals surface area contributed by atoms with Gasteiger partial charge < -0.3 is 19.7 Å². The fraction of sp³-hybridized carbons (Fsp3) is 0.435. The first-order valence-corrected chi connectivity index (χ1v) is 10.3. The lowest BCUT2D eigenvalue weighted by Gasteiger charge is -2.26. The topological polar surface area (TPSA) is 33.7 Å². The largest absolute Gasteiger partial charge is 0.493 e. The smallest absolute Gasteiger partial charge is 0.173 e. The minimum atomic E-state index is 0.682. The molecule has 0 saturated carbocycles. The van der Waals surface area contributed by atoms with E-state index < -0.39 is 0 Å². The zero-order valence-electron chi connectivity index (χ0n) is 17.7. The van der Waals surface area contributed by atoms with E-state index in [1.165, 1.54) is 11.1 Å². The average molecular weight is 401 g/mol. The van der Waals surface area contributed by atoms with E-state index in [1.807, 2.05) is 12.1 Å². The highest BCUT2D eigenvalue weighted by Gasteiger charge is 2.13. The van der Waals surface area contributed by atoms with Gasteiger partial charge in [-0.05, 0) is 73.8 Å². The Morgan fingerprint density at radius 1 is 1.04 bits per heavy atom. The molecule has 0 spiro atoms. The number of hydrogen-bond acceptors (Lipinski definition) is 3. The highest BCUT2D eigenvalue weighted by molar-refractivity contribution is 7.80. The molecule has 0 aliphatic rings. The first-order valence-electron chi connectivity index (χ1n) is 9.91. The Morgan fingerprint density at radius 2 is 1.82 bits per heavy atom. The molecular weight excluding hydrogens is 368 g/mol. The van der Waals surface area contributed by atoms with Gasteiger partial charge in [0.2, 0.25) is 0 Å². The summed E-state index contributed by atoms with van der Waals surface area (Å²) in [6.45, 7) is 10.7. The monoisotopic (exact) mass is 400 g/mol. The Labute approximate surface area is 174 Å². The molecule has 2 aromatic rings. The van der Waals surface area contributed by atoms with Crippen LogP contribution in [0.2, 0.25) is 0 Å². The number of nitrogens with one attached hydrogen (secondary N) is 1. The number of ether oxygens (including phenoxy) is 2. The predicted molar refractivity (Wildman–Crippen MR) is 122 cm³/mol. The number of nitrogens with zero attached hydrogens (tertiary/aromatic N) is 1. The normalized spacial score (nSPS) is 10.5. The Hall–Kier alpha value is -2.27. The first-order chi connectivity index (χ1) is 13.5. The van der Waals surface area contributed by atoms with Gasteiger partial charge in [0.05, 0.1) is 13.7 Å². The summed E-state index contributed by atoms with van der Waals surface area (Å²) in [7, 11) is 1.68. The molecule has 0 atom stereocenters. The Kier molecular flexibility index (Phi) is 8.58. The molecule has 0 heterocycles. The van der Waals surface area contributed by atoms with Crippen molar-refractivity contribution in [2.75, 3.05) is 25.6 Å². The lowest BCUT2D eigenvalue weighted by atomic mass is 10.1. The van der Waals surface area contributed by atoms with Crippen LogP contribution in [-0.4, -0.2) is 30.3 Å². The molecule has 0 aliphatic carbocycles. The van der Waals surface area contributed by atoms with Crippen LogP contribution in [0, 0.1) is 13.8 Å². The second-order valence-corrected chi connectivity index (χ2v) is 7.39. The van der Waals surface area contributed by atoms with Gasteiger partial charge in [0.1, 0.15) is 0 Å².